The molecule has 0 saturated heterocycles. The first-order valence-corrected chi connectivity index (χ1v) is 7.48. The van der Waals surface area contributed by atoms with Gasteiger partial charge in [-0.2, -0.15) is 0 Å². The van der Waals surface area contributed by atoms with Crippen molar-refractivity contribution in [3.8, 4) is 0 Å². The number of rotatable bonds is 4. The first-order valence-electron chi connectivity index (χ1n) is 6.60. The third-order valence-electron chi connectivity index (χ3n) is 3.56. The number of esters is 1. The Morgan fingerprint density at radius 3 is 3.00 bits per heavy atom. The molecule has 4 nitrogen and oxygen atoms in total. The highest BCUT2D eigenvalue weighted by atomic mass is 32.1. The van der Waals surface area contributed by atoms with E-state index in [1.165, 1.54) is 24.2 Å². The van der Waals surface area contributed by atoms with Gasteiger partial charge in [0, 0.05) is 11.9 Å². The number of carbonyl (C=O) groups is 1. The van der Waals surface area contributed by atoms with Crippen molar-refractivity contribution in [3.63, 3.8) is 0 Å². The Morgan fingerprint density at radius 1 is 1.56 bits per heavy atom. The molecule has 1 aromatic heterocycles. The van der Waals surface area contributed by atoms with Crippen LogP contribution in [0.15, 0.2) is 5.38 Å². The van der Waals surface area contributed by atoms with E-state index < -0.39 is 0 Å². The lowest BCUT2D eigenvalue weighted by Crippen LogP contribution is -2.29. The average Bonchev–Trinajstić information content (AvgIpc) is 2.88. The van der Waals surface area contributed by atoms with Crippen molar-refractivity contribution < 1.29 is 9.53 Å². The zero-order valence-corrected chi connectivity index (χ0v) is 11.5. The van der Waals surface area contributed by atoms with E-state index in [0.29, 0.717) is 18.2 Å². The maximum absolute atomic E-state index is 12.0. The summed E-state index contributed by atoms with van der Waals surface area (Å²) in [5.74, 6) is 0.214. The van der Waals surface area contributed by atoms with Crippen LogP contribution in [0.25, 0.3) is 0 Å². The lowest BCUT2D eigenvalue weighted by atomic mass is 9.85. The minimum atomic E-state index is -0.295. The van der Waals surface area contributed by atoms with Gasteiger partial charge in [-0.15, -0.1) is 11.3 Å². The van der Waals surface area contributed by atoms with Crippen LogP contribution in [0.2, 0.25) is 0 Å². The number of hydrogen-bond donors (Lipinski definition) is 1. The maximum Gasteiger partial charge on any atom is 0.358 e. The Bertz CT molecular complexity index is 405. The van der Waals surface area contributed by atoms with Crippen LogP contribution >= 0.6 is 11.3 Å². The smallest absolute Gasteiger partial charge is 0.358 e. The van der Waals surface area contributed by atoms with Gasteiger partial charge < -0.3 is 10.5 Å². The quantitative estimate of drug-likeness (QED) is 0.853. The van der Waals surface area contributed by atoms with Gasteiger partial charge in [-0.25, -0.2) is 9.78 Å². The molecule has 1 saturated carbocycles. The molecule has 2 unspecified atom stereocenters. The van der Waals surface area contributed by atoms with Crippen LogP contribution in [0.1, 0.15) is 54.5 Å². The van der Waals surface area contributed by atoms with Crippen LogP contribution in [0.4, 0.5) is 0 Å². The molecule has 0 radical (unpaired) electrons. The lowest BCUT2D eigenvalue weighted by molar-refractivity contribution is 0.000178. The minimum Gasteiger partial charge on any atom is -0.457 e. The highest BCUT2D eigenvalue weighted by molar-refractivity contribution is 7.09. The summed E-state index contributed by atoms with van der Waals surface area (Å²) in [6, 6.07) is 0. The van der Waals surface area contributed by atoms with Crippen molar-refractivity contribution in [1.82, 2.24) is 4.98 Å². The molecular formula is C13H20N2O2S. The zero-order chi connectivity index (χ0) is 13.0. The van der Waals surface area contributed by atoms with Gasteiger partial charge in [0.25, 0.3) is 0 Å². The molecule has 2 atom stereocenters. The van der Waals surface area contributed by atoms with Crippen molar-refractivity contribution in [2.24, 2.45) is 11.7 Å². The van der Waals surface area contributed by atoms with Gasteiger partial charge in [0.15, 0.2) is 5.69 Å². The molecule has 0 aromatic carbocycles. The first-order chi connectivity index (χ1) is 8.74. The molecule has 0 aliphatic heterocycles. The number of nitrogens with zero attached hydrogens (tertiary/aromatic N) is 1. The van der Waals surface area contributed by atoms with Gasteiger partial charge >= 0.3 is 5.97 Å². The SMILES string of the molecule is CCC1CCCCC1OC(=O)c1csc(CN)n1. The summed E-state index contributed by atoms with van der Waals surface area (Å²) in [6.45, 7) is 2.53. The number of thiazole rings is 1. The summed E-state index contributed by atoms with van der Waals surface area (Å²) in [5, 5.41) is 2.51. The van der Waals surface area contributed by atoms with E-state index in [9.17, 15) is 4.79 Å². The number of hydrogen-bond acceptors (Lipinski definition) is 5. The molecule has 1 aliphatic carbocycles. The van der Waals surface area contributed by atoms with Gasteiger partial charge in [0.05, 0.1) is 0 Å². The van der Waals surface area contributed by atoms with Crippen molar-refractivity contribution in [3.05, 3.63) is 16.1 Å². The van der Waals surface area contributed by atoms with Crippen LogP contribution in [0, 0.1) is 5.92 Å². The Balaban J connectivity index is 1.97. The molecular weight excluding hydrogens is 248 g/mol. The van der Waals surface area contributed by atoms with E-state index in [0.717, 1.165) is 24.3 Å². The summed E-state index contributed by atoms with van der Waals surface area (Å²) in [5.41, 5.74) is 5.89. The molecule has 0 spiro atoms. The van der Waals surface area contributed by atoms with Crippen molar-refractivity contribution in [1.29, 1.82) is 0 Å². The van der Waals surface area contributed by atoms with Crippen molar-refractivity contribution >= 4 is 17.3 Å². The van der Waals surface area contributed by atoms with Gasteiger partial charge in [0.2, 0.25) is 0 Å². The molecule has 100 valence electrons. The van der Waals surface area contributed by atoms with Crippen LogP contribution in [-0.4, -0.2) is 17.1 Å². The monoisotopic (exact) mass is 268 g/mol. The summed E-state index contributed by atoms with van der Waals surface area (Å²) in [4.78, 5) is 16.1. The molecule has 2 rings (SSSR count). The third kappa shape index (κ3) is 3.09. The molecule has 0 bridgehead atoms. The maximum atomic E-state index is 12.0. The third-order valence-corrected chi connectivity index (χ3v) is 4.43. The van der Waals surface area contributed by atoms with E-state index in [2.05, 4.69) is 11.9 Å². The Hall–Kier alpha value is -0.940. The molecule has 1 aliphatic rings. The number of nitrogens with two attached hydrogens (primary N) is 1. The summed E-state index contributed by atoms with van der Waals surface area (Å²) in [7, 11) is 0. The fraction of sp³-hybridized carbons (Fsp3) is 0.692. The van der Waals surface area contributed by atoms with E-state index in [4.69, 9.17) is 10.5 Å². The van der Waals surface area contributed by atoms with Gasteiger partial charge in [-0.3, -0.25) is 0 Å². The summed E-state index contributed by atoms with van der Waals surface area (Å²) >= 11 is 1.41. The van der Waals surface area contributed by atoms with E-state index in [-0.39, 0.29) is 12.1 Å². The number of ether oxygens (including phenoxy) is 1. The predicted molar refractivity (Wildman–Crippen MR) is 71.5 cm³/mol. The summed E-state index contributed by atoms with van der Waals surface area (Å²) < 4.78 is 5.60. The van der Waals surface area contributed by atoms with Crippen LogP contribution in [-0.2, 0) is 11.3 Å². The normalized spacial score (nSPS) is 23.9. The highest BCUT2D eigenvalue weighted by Gasteiger charge is 2.27. The summed E-state index contributed by atoms with van der Waals surface area (Å²) in [6.07, 6.45) is 5.69. The van der Waals surface area contributed by atoms with Gasteiger partial charge in [-0.05, 0) is 31.6 Å². The molecule has 5 heteroatoms. The minimum absolute atomic E-state index is 0.0688. The lowest BCUT2D eigenvalue weighted by Gasteiger charge is -2.30. The van der Waals surface area contributed by atoms with Crippen LogP contribution < -0.4 is 5.73 Å². The molecule has 1 aromatic rings. The van der Waals surface area contributed by atoms with E-state index >= 15 is 0 Å². The fourth-order valence-electron chi connectivity index (χ4n) is 2.49. The van der Waals surface area contributed by atoms with Gasteiger partial charge in [0.1, 0.15) is 11.1 Å². The van der Waals surface area contributed by atoms with E-state index in [1.54, 1.807) is 5.38 Å². The zero-order valence-electron chi connectivity index (χ0n) is 10.7. The second kappa shape index (κ2) is 6.29. The fourth-order valence-corrected chi connectivity index (χ4v) is 3.14. The molecule has 2 N–H and O–H groups in total. The first kappa shape index (κ1) is 13.5. The largest absolute Gasteiger partial charge is 0.457 e. The molecule has 1 fully saturated rings. The van der Waals surface area contributed by atoms with Crippen molar-refractivity contribution in [2.75, 3.05) is 0 Å². The van der Waals surface area contributed by atoms with Crippen LogP contribution in [0.5, 0.6) is 0 Å². The molecule has 0 amide bonds. The van der Waals surface area contributed by atoms with Crippen LogP contribution in [0.3, 0.4) is 0 Å². The average molecular weight is 268 g/mol. The molecule has 18 heavy (non-hydrogen) atoms. The Labute approximate surface area is 112 Å². The standard InChI is InChI=1S/C13H20N2O2S/c1-2-9-5-3-4-6-11(9)17-13(16)10-8-18-12(7-14)15-10/h8-9,11H,2-7,14H2,1H3. The Kier molecular flexibility index (Phi) is 4.72. The van der Waals surface area contributed by atoms with Gasteiger partial charge in [-0.1, -0.05) is 13.3 Å². The topological polar surface area (TPSA) is 65.2 Å². The number of carbonyl (C=O) groups excluding carboxylic acids is 1. The number of aromatic nitrogens is 1. The van der Waals surface area contributed by atoms with Crippen molar-refractivity contribution in [2.45, 2.75) is 51.7 Å². The van der Waals surface area contributed by atoms with E-state index in [1.807, 2.05) is 0 Å². The second-order valence-electron chi connectivity index (χ2n) is 4.73. The Morgan fingerprint density at radius 2 is 2.33 bits per heavy atom. The highest BCUT2D eigenvalue weighted by Crippen LogP contribution is 2.29. The predicted octanol–water partition coefficient (Wildman–Crippen LogP) is 2.73. The molecule has 1 heterocycles. The second-order valence-corrected chi connectivity index (χ2v) is 5.67.